The second-order valence-corrected chi connectivity index (χ2v) is 8.58. The predicted octanol–water partition coefficient (Wildman–Crippen LogP) is 4.61. The van der Waals surface area contributed by atoms with E-state index >= 15 is 0 Å². The van der Waals surface area contributed by atoms with Crippen molar-refractivity contribution in [1.29, 1.82) is 0 Å². The van der Waals surface area contributed by atoms with E-state index in [4.69, 9.17) is 28.4 Å². The zero-order valence-corrected chi connectivity index (χ0v) is 22.9. The predicted molar refractivity (Wildman–Crippen MR) is 153 cm³/mol. The van der Waals surface area contributed by atoms with Crippen LogP contribution in [-0.2, 0) is 18.9 Å². The van der Waals surface area contributed by atoms with Gasteiger partial charge >= 0.3 is 12.2 Å². The lowest BCUT2D eigenvalue weighted by Crippen LogP contribution is -2.34. The smallest absolute Gasteiger partial charge is 0.407 e. The third-order valence-corrected chi connectivity index (χ3v) is 5.69. The quantitative estimate of drug-likeness (QED) is 0.151. The Kier molecular flexibility index (Phi) is 12.1. The summed E-state index contributed by atoms with van der Waals surface area (Å²) in [5.41, 5.74) is 0. The molecule has 0 fully saturated rings. The largest absolute Gasteiger partial charge is 0.488 e. The summed E-state index contributed by atoms with van der Waals surface area (Å²) in [5, 5.41) is 8.09. The number of hydrogen-bond donors (Lipinski definition) is 2. The average Bonchev–Trinajstić information content (AvgIpc) is 2.98. The van der Waals surface area contributed by atoms with E-state index in [-0.39, 0.29) is 26.4 Å². The maximum atomic E-state index is 11.9. The molecule has 3 aromatic rings. The topological polar surface area (TPSA) is 114 Å². The van der Waals surface area contributed by atoms with E-state index in [2.05, 4.69) is 23.8 Å². The maximum Gasteiger partial charge on any atom is 0.407 e. The molecule has 10 nitrogen and oxygen atoms in total. The first-order valence-corrected chi connectivity index (χ1v) is 12.8. The molecule has 10 heteroatoms. The lowest BCUT2D eigenvalue weighted by atomic mass is 10.0. The molecule has 0 aromatic heterocycles. The van der Waals surface area contributed by atoms with Gasteiger partial charge in [0.05, 0.1) is 26.4 Å². The second kappa shape index (κ2) is 16.0. The first-order chi connectivity index (χ1) is 19.5. The van der Waals surface area contributed by atoms with Gasteiger partial charge in [0, 0.05) is 35.6 Å². The standard InChI is InChI=1S/C30H36N2O8/c1-5-15-35-17-21(39-29(33)31-3)19-37-27-23-11-7-9-13-25(23)28(26-14-10-8-12-24(26)27)38-20-22(18-36-16-6-2)40-30(34)32-4/h5-14,21-22H,1-2,15-20H2,3-4H3,(H,31,33)(H,32,34). The van der Waals surface area contributed by atoms with Crippen molar-refractivity contribution in [2.24, 2.45) is 0 Å². The Morgan fingerprint density at radius 1 is 0.675 bits per heavy atom. The van der Waals surface area contributed by atoms with E-state index in [1.54, 1.807) is 12.2 Å². The lowest BCUT2D eigenvalue weighted by molar-refractivity contribution is 0.00618. The van der Waals surface area contributed by atoms with Crippen LogP contribution in [0.5, 0.6) is 11.5 Å². The third kappa shape index (κ3) is 8.36. The molecule has 0 radical (unpaired) electrons. The minimum atomic E-state index is -0.661. The number of alkyl carbamates (subject to hydrolysis) is 2. The van der Waals surface area contributed by atoms with Crippen LogP contribution >= 0.6 is 0 Å². The number of benzene rings is 3. The summed E-state index contributed by atoms with van der Waals surface area (Å²) >= 11 is 0. The van der Waals surface area contributed by atoms with E-state index in [9.17, 15) is 9.59 Å². The van der Waals surface area contributed by atoms with Crippen LogP contribution in [0.2, 0.25) is 0 Å². The van der Waals surface area contributed by atoms with Crippen molar-refractivity contribution >= 4 is 33.7 Å². The Hall–Kier alpha value is -4.28. The van der Waals surface area contributed by atoms with Gasteiger partial charge in [0.15, 0.2) is 12.2 Å². The molecule has 214 valence electrons. The summed E-state index contributed by atoms with van der Waals surface area (Å²) in [6, 6.07) is 15.3. The van der Waals surface area contributed by atoms with E-state index in [0.29, 0.717) is 24.7 Å². The zero-order valence-electron chi connectivity index (χ0n) is 22.9. The monoisotopic (exact) mass is 552 g/mol. The molecule has 0 spiro atoms. The van der Waals surface area contributed by atoms with Crippen molar-refractivity contribution in [3.05, 3.63) is 73.8 Å². The van der Waals surface area contributed by atoms with Gasteiger partial charge in [-0.05, 0) is 0 Å². The van der Waals surface area contributed by atoms with Crippen LogP contribution in [0.1, 0.15) is 0 Å². The number of rotatable bonds is 16. The molecule has 0 aliphatic rings. The summed E-state index contributed by atoms with van der Waals surface area (Å²) in [4.78, 5) is 23.8. The summed E-state index contributed by atoms with van der Waals surface area (Å²) in [7, 11) is 2.97. The Balaban J connectivity index is 1.94. The van der Waals surface area contributed by atoms with Gasteiger partial charge in [0.1, 0.15) is 24.7 Å². The van der Waals surface area contributed by atoms with Crippen LogP contribution in [0.4, 0.5) is 9.59 Å². The van der Waals surface area contributed by atoms with Gasteiger partial charge in [-0.15, -0.1) is 13.2 Å². The summed E-state index contributed by atoms with van der Waals surface area (Å²) in [5.74, 6) is 1.22. The highest BCUT2D eigenvalue weighted by Crippen LogP contribution is 2.42. The molecule has 0 bridgehead atoms. The number of ether oxygens (including phenoxy) is 6. The van der Waals surface area contributed by atoms with E-state index in [1.165, 1.54) is 14.1 Å². The van der Waals surface area contributed by atoms with E-state index < -0.39 is 24.4 Å². The highest BCUT2D eigenvalue weighted by atomic mass is 16.6. The fourth-order valence-corrected chi connectivity index (χ4v) is 3.93. The number of carbonyl (C=O) groups excluding carboxylic acids is 2. The molecule has 3 aromatic carbocycles. The molecule has 2 amide bonds. The van der Waals surface area contributed by atoms with Crippen LogP contribution in [0, 0.1) is 0 Å². The highest BCUT2D eigenvalue weighted by Gasteiger charge is 2.21. The summed E-state index contributed by atoms with van der Waals surface area (Å²) in [6.45, 7) is 8.30. The van der Waals surface area contributed by atoms with Crippen molar-refractivity contribution in [1.82, 2.24) is 10.6 Å². The van der Waals surface area contributed by atoms with Gasteiger partial charge in [-0.1, -0.05) is 60.7 Å². The number of carbonyl (C=O) groups is 2. The van der Waals surface area contributed by atoms with Gasteiger partial charge in [-0.25, -0.2) is 9.59 Å². The van der Waals surface area contributed by atoms with Gasteiger partial charge < -0.3 is 39.1 Å². The Morgan fingerprint density at radius 3 is 1.32 bits per heavy atom. The third-order valence-electron chi connectivity index (χ3n) is 5.69. The minimum absolute atomic E-state index is 0.0570. The zero-order chi connectivity index (χ0) is 28.7. The fraction of sp³-hybridized carbons (Fsp3) is 0.333. The maximum absolute atomic E-state index is 11.9. The molecule has 0 saturated heterocycles. The molecular formula is C30H36N2O8. The molecular weight excluding hydrogens is 516 g/mol. The molecule has 2 N–H and O–H groups in total. The average molecular weight is 553 g/mol. The number of hydrogen-bond acceptors (Lipinski definition) is 8. The summed E-state index contributed by atoms with van der Waals surface area (Å²) in [6.07, 6.45) is 0.749. The Labute approximate surface area is 233 Å². The van der Waals surface area contributed by atoms with Crippen molar-refractivity contribution in [2.75, 3.05) is 53.7 Å². The molecule has 2 unspecified atom stereocenters. The minimum Gasteiger partial charge on any atom is -0.488 e. The van der Waals surface area contributed by atoms with Crippen molar-refractivity contribution in [3.8, 4) is 11.5 Å². The molecule has 0 aliphatic carbocycles. The number of nitrogens with one attached hydrogen (secondary N) is 2. The molecule has 0 saturated carbocycles. The van der Waals surface area contributed by atoms with Gasteiger partial charge in [-0.2, -0.15) is 0 Å². The molecule has 0 heterocycles. The lowest BCUT2D eigenvalue weighted by Gasteiger charge is -2.22. The first kappa shape index (κ1) is 30.3. The fourth-order valence-electron chi connectivity index (χ4n) is 3.93. The van der Waals surface area contributed by atoms with Crippen LogP contribution < -0.4 is 20.1 Å². The SMILES string of the molecule is C=CCOCC(COc1c2ccccc2c(OCC(COCC=C)OC(=O)NC)c2ccccc12)OC(=O)NC. The molecule has 0 aliphatic heterocycles. The van der Waals surface area contributed by atoms with Gasteiger partial charge in [0.2, 0.25) is 0 Å². The van der Waals surface area contributed by atoms with E-state index in [0.717, 1.165) is 21.5 Å². The second-order valence-electron chi connectivity index (χ2n) is 8.58. The molecule has 2 atom stereocenters. The molecule has 3 rings (SSSR count). The van der Waals surface area contributed by atoms with Crippen LogP contribution in [-0.4, -0.2) is 78.1 Å². The van der Waals surface area contributed by atoms with Crippen LogP contribution in [0.15, 0.2) is 73.8 Å². The summed E-state index contributed by atoms with van der Waals surface area (Å²) < 4.78 is 34.5. The Bertz CT molecular complexity index is 1140. The highest BCUT2D eigenvalue weighted by molar-refractivity contribution is 6.11. The number of amides is 2. The van der Waals surface area contributed by atoms with Crippen molar-refractivity contribution in [3.63, 3.8) is 0 Å². The van der Waals surface area contributed by atoms with Crippen molar-refractivity contribution < 1.29 is 38.0 Å². The normalized spacial score (nSPS) is 12.2. The van der Waals surface area contributed by atoms with Gasteiger partial charge in [-0.3, -0.25) is 0 Å². The van der Waals surface area contributed by atoms with Crippen LogP contribution in [0.25, 0.3) is 21.5 Å². The molecule has 40 heavy (non-hydrogen) atoms. The van der Waals surface area contributed by atoms with Gasteiger partial charge in [0.25, 0.3) is 0 Å². The van der Waals surface area contributed by atoms with Crippen LogP contribution in [0.3, 0.4) is 0 Å². The van der Waals surface area contributed by atoms with Crippen molar-refractivity contribution in [2.45, 2.75) is 12.2 Å². The number of fused-ring (bicyclic) bond motifs is 2. The first-order valence-electron chi connectivity index (χ1n) is 12.8. The van der Waals surface area contributed by atoms with E-state index in [1.807, 2.05) is 48.5 Å². The Morgan fingerprint density at radius 2 is 1.02 bits per heavy atom.